The Morgan fingerprint density at radius 3 is 2.33 bits per heavy atom. The van der Waals surface area contributed by atoms with Gasteiger partial charge in [0, 0.05) is 4.47 Å². The number of carbonyl (C=O) groups is 4. The van der Waals surface area contributed by atoms with Gasteiger partial charge in [-0.25, -0.2) is 4.79 Å². The zero-order chi connectivity index (χ0) is 18.5. The molecule has 10 heteroatoms. The third kappa shape index (κ3) is 5.76. The average molecular weight is 411 g/mol. The molecule has 0 aliphatic heterocycles. The van der Waals surface area contributed by atoms with Crippen molar-refractivity contribution in [2.24, 2.45) is 0 Å². The summed E-state index contributed by atoms with van der Waals surface area (Å²) in [6.07, 6.45) is -6.14. The first-order chi connectivity index (χ1) is 11.0. The summed E-state index contributed by atoms with van der Waals surface area (Å²) in [5.41, 5.74) is -0.555. The van der Waals surface area contributed by atoms with Crippen LogP contribution in [0.25, 0.3) is 0 Å². The normalized spacial score (nSPS) is 10.9. The minimum absolute atomic E-state index is 0.151. The number of alkyl halides is 3. The largest absolute Gasteiger partial charge is 0.573 e. The van der Waals surface area contributed by atoms with E-state index in [-0.39, 0.29) is 11.1 Å². The second kappa shape index (κ2) is 8.04. The van der Waals surface area contributed by atoms with Crippen molar-refractivity contribution in [3.63, 3.8) is 0 Å². The first-order valence-corrected chi connectivity index (χ1v) is 7.17. The van der Waals surface area contributed by atoms with E-state index < -0.39 is 47.4 Å². The van der Waals surface area contributed by atoms with Crippen LogP contribution < -0.4 is 4.74 Å². The molecule has 0 saturated carbocycles. The Morgan fingerprint density at radius 1 is 1.17 bits per heavy atom. The maximum Gasteiger partial charge on any atom is 0.573 e. The fourth-order valence-corrected chi connectivity index (χ4v) is 1.91. The zero-order valence-electron chi connectivity index (χ0n) is 12.1. The minimum Gasteiger partial charge on any atom is -0.460 e. The highest BCUT2D eigenvalue weighted by Gasteiger charge is 2.34. The van der Waals surface area contributed by atoms with E-state index >= 15 is 0 Å². The van der Waals surface area contributed by atoms with Gasteiger partial charge in [-0.15, -0.1) is 13.2 Å². The fourth-order valence-electron chi connectivity index (χ4n) is 1.57. The molecule has 0 amide bonds. The van der Waals surface area contributed by atoms with Crippen LogP contribution in [0.1, 0.15) is 23.7 Å². The van der Waals surface area contributed by atoms with Crippen LogP contribution >= 0.6 is 15.9 Å². The van der Waals surface area contributed by atoms with Gasteiger partial charge in [-0.05, 0) is 25.1 Å². The third-order valence-electron chi connectivity index (χ3n) is 2.50. The minimum atomic E-state index is -5.05. The number of ketones is 3. The van der Waals surface area contributed by atoms with E-state index in [1.807, 2.05) is 0 Å². The van der Waals surface area contributed by atoms with Gasteiger partial charge in [0.05, 0.1) is 18.6 Å². The van der Waals surface area contributed by atoms with E-state index in [2.05, 4.69) is 25.4 Å². The van der Waals surface area contributed by atoms with Crippen LogP contribution in [0.5, 0.6) is 5.75 Å². The number of hydrogen-bond donors (Lipinski definition) is 0. The fraction of sp³-hybridized carbons (Fsp3) is 0.286. The number of carbonyl (C=O) groups excluding carboxylic acids is 4. The molecule has 24 heavy (non-hydrogen) atoms. The van der Waals surface area contributed by atoms with E-state index in [1.165, 1.54) is 13.0 Å². The highest BCUT2D eigenvalue weighted by atomic mass is 79.9. The van der Waals surface area contributed by atoms with E-state index in [0.29, 0.717) is 0 Å². The molecule has 0 unspecified atom stereocenters. The van der Waals surface area contributed by atoms with Crippen LogP contribution in [0.2, 0.25) is 0 Å². The van der Waals surface area contributed by atoms with Crippen LogP contribution in [0.15, 0.2) is 22.7 Å². The number of benzene rings is 1. The van der Waals surface area contributed by atoms with Gasteiger partial charge in [0.25, 0.3) is 0 Å². The van der Waals surface area contributed by atoms with Gasteiger partial charge in [-0.1, -0.05) is 15.9 Å². The Morgan fingerprint density at radius 2 is 1.79 bits per heavy atom. The number of esters is 1. The first kappa shape index (κ1) is 19.8. The van der Waals surface area contributed by atoms with Crippen molar-refractivity contribution in [1.82, 2.24) is 0 Å². The highest BCUT2D eigenvalue weighted by molar-refractivity contribution is 9.10. The molecule has 1 aromatic rings. The lowest BCUT2D eigenvalue weighted by Gasteiger charge is -2.12. The molecule has 0 spiro atoms. The predicted octanol–water partition coefficient (Wildman–Crippen LogP) is 2.62. The molecule has 1 aromatic carbocycles. The Balaban J connectivity index is 2.97. The van der Waals surface area contributed by atoms with Gasteiger partial charge in [0.2, 0.25) is 5.78 Å². The number of ether oxygens (including phenoxy) is 2. The monoisotopic (exact) mass is 410 g/mol. The summed E-state index contributed by atoms with van der Waals surface area (Å²) in [6.45, 7) is 1.26. The molecule has 0 aliphatic rings. The smallest absolute Gasteiger partial charge is 0.460 e. The Bertz CT molecular complexity index is 684. The van der Waals surface area contributed by atoms with Gasteiger partial charge in [-0.3, -0.25) is 14.4 Å². The van der Waals surface area contributed by atoms with Gasteiger partial charge >= 0.3 is 18.1 Å². The molecule has 1 rings (SSSR count). The maximum absolute atomic E-state index is 12.4. The molecular formula is C14H10BrF3O6. The van der Waals surface area contributed by atoms with Crippen LogP contribution in [-0.4, -0.2) is 36.3 Å². The van der Waals surface area contributed by atoms with E-state index in [1.54, 1.807) is 0 Å². The molecule has 0 saturated heterocycles. The average Bonchev–Trinajstić information content (AvgIpc) is 2.44. The number of Topliss-reactive ketones (excluding diaryl/α,β-unsaturated/α-hetero) is 3. The van der Waals surface area contributed by atoms with Gasteiger partial charge in [-0.2, -0.15) is 0 Å². The van der Waals surface area contributed by atoms with Crippen molar-refractivity contribution in [1.29, 1.82) is 0 Å². The van der Waals surface area contributed by atoms with Gasteiger partial charge in [0.15, 0.2) is 5.78 Å². The SMILES string of the molecule is CCOC(=O)C(=O)C(=O)CC(=O)c1ccc(Br)cc1OC(F)(F)F. The Labute approximate surface area is 142 Å². The summed E-state index contributed by atoms with van der Waals surface area (Å²) in [5, 5.41) is 0. The molecule has 0 atom stereocenters. The lowest BCUT2D eigenvalue weighted by molar-refractivity contribution is -0.274. The second-order valence-corrected chi connectivity index (χ2v) is 5.18. The molecule has 130 valence electrons. The summed E-state index contributed by atoms with van der Waals surface area (Å²) >= 11 is 2.92. The van der Waals surface area contributed by atoms with Crippen molar-refractivity contribution in [2.75, 3.05) is 6.61 Å². The van der Waals surface area contributed by atoms with Crippen molar-refractivity contribution < 1.29 is 41.8 Å². The Kier molecular flexibility index (Phi) is 6.64. The standard InChI is InChI=1S/C14H10BrF3O6/c1-2-23-13(22)12(21)10(20)6-9(19)8-4-3-7(15)5-11(8)24-14(16,17)18/h3-5H,2,6H2,1H3. The van der Waals surface area contributed by atoms with Crippen molar-refractivity contribution in [2.45, 2.75) is 19.7 Å². The first-order valence-electron chi connectivity index (χ1n) is 6.38. The molecule has 0 aliphatic carbocycles. The summed E-state index contributed by atoms with van der Waals surface area (Å²) in [6, 6.07) is 3.14. The van der Waals surface area contributed by atoms with Crippen LogP contribution in [0.4, 0.5) is 13.2 Å². The highest BCUT2D eigenvalue weighted by Crippen LogP contribution is 2.30. The molecule has 0 aromatic heterocycles. The van der Waals surface area contributed by atoms with Crippen LogP contribution in [-0.2, 0) is 19.1 Å². The van der Waals surface area contributed by atoms with Crippen molar-refractivity contribution in [3.05, 3.63) is 28.2 Å². The third-order valence-corrected chi connectivity index (χ3v) is 3.00. The summed E-state index contributed by atoms with van der Waals surface area (Å²) in [5.74, 6) is -6.32. The van der Waals surface area contributed by atoms with Crippen molar-refractivity contribution >= 4 is 39.2 Å². The molecule has 0 fully saturated rings. The molecule has 0 radical (unpaired) electrons. The van der Waals surface area contributed by atoms with E-state index in [4.69, 9.17) is 0 Å². The molecule has 6 nitrogen and oxygen atoms in total. The van der Waals surface area contributed by atoms with Gasteiger partial charge in [0.1, 0.15) is 5.75 Å². The number of hydrogen-bond acceptors (Lipinski definition) is 6. The lowest BCUT2D eigenvalue weighted by atomic mass is 10.0. The van der Waals surface area contributed by atoms with Gasteiger partial charge < -0.3 is 9.47 Å². The van der Waals surface area contributed by atoms with Crippen molar-refractivity contribution in [3.8, 4) is 5.75 Å². The molecule has 0 bridgehead atoms. The van der Waals surface area contributed by atoms with Crippen LogP contribution in [0, 0.1) is 0 Å². The summed E-state index contributed by atoms with van der Waals surface area (Å²) < 4.78 is 45.3. The zero-order valence-corrected chi connectivity index (χ0v) is 13.7. The lowest BCUT2D eigenvalue weighted by Crippen LogP contribution is -2.28. The molecule has 0 heterocycles. The van der Waals surface area contributed by atoms with E-state index in [9.17, 15) is 32.3 Å². The maximum atomic E-state index is 12.4. The quantitative estimate of drug-likeness (QED) is 0.297. The Hall–Kier alpha value is -2.23. The second-order valence-electron chi connectivity index (χ2n) is 4.26. The van der Waals surface area contributed by atoms with Crippen LogP contribution in [0.3, 0.4) is 0 Å². The molecule has 0 N–H and O–H groups in total. The predicted molar refractivity (Wildman–Crippen MR) is 76.4 cm³/mol. The topological polar surface area (TPSA) is 86.7 Å². The number of halogens is 4. The molecular weight excluding hydrogens is 401 g/mol. The summed E-state index contributed by atoms with van der Waals surface area (Å²) in [4.78, 5) is 46.0. The summed E-state index contributed by atoms with van der Waals surface area (Å²) in [7, 11) is 0. The van der Waals surface area contributed by atoms with E-state index in [0.717, 1.165) is 12.1 Å². The number of rotatable bonds is 7.